The smallest absolute Gasteiger partial charge is 0.320 e. The number of rotatable bonds is 6. The molecule has 1 aliphatic heterocycles. The molecule has 0 aliphatic carbocycles. The van der Waals surface area contributed by atoms with Gasteiger partial charge in [-0.3, -0.25) is 14.5 Å². The molecule has 0 bridgehead atoms. The summed E-state index contributed by atoms with van der Waals surface area (Å²) in [6.07, 6.45) is 0. The third kappa shape index (κ3) is 4.35. The van der Waals surface area contributed by atoms with E-state index in [0.29, 0.717) is 23.8 Å². The van der Waals surface area contributed by atoms with Crippen LogP contribution in [0.3, 0.4) is 0 Å². The second-order valence-electron chi connectivity index (χ2n) is 4.59. The lowest BCUT2D eigenvalue weighted by atomic mass is 10.2. The standard InChI is InChI=1S/C14H18N2O5/c1-3-19-14(18)8-16(2)7-13(17)15-10-4-5-11-12(6-10)21-9-20-11/h4-6H,3,7-9H2,1-2H3,(H,15,17). The fourth-order valence-corrected chi connectivity index (χ4v) is 1.90. The van der Waals surface area contributed by atoms with Gasteiger partial charge in [-0.05, 0) is 26.1 Å². The molecule has 0 atom stereocenters. The average molecular weight is 294 g/mol. The molecule has 0 fully saturated rings. The molecule has 2 rings (SSSR count). The van der Waals surface area contributed by atoms with Crippen molar-refractivity contribution in [3.05, 3.63) is 18.2 Å². The van der Waals surface area contributed by atoms with Gasteiger partial charge in [0.1, 0.15) is 0 Å². The van der Waals surface area contributed by atoms with Gasteiger partial charge >= 0.3 is 5.97 Å². The van der Waals surface area contributed by atoms with Gasteiger partial charge in [-0.15, -0.1) is 0 Å². The second-order valence-corrected chi connectivity index (χ2v) is 4.59. The summed E-state index contributed by atoms with van der Waals surface area (Å²) >= 11 is 0. The Balaban J connectivity index is 1.83. The monoisotopic (exact) mass is 294 g/mol. The zero-order valence-corrected chi connectivity index (χ0v) is 12.0. The van der Waals surface area contributed by atoms with Gasteiger partial charge in [0.15, 0.2) is 11.5 Å². The number of nitrogens with zero attached hydrogens (tertiary/aromatic N) is 1. The number of hydrogen-bond acceptors (Lipinski definition) is 6. The number of benzene rings is 1. The van der Waals surface area contributed by atoms with Crippen molar-refractivity contribution >= 4 is 17.6 Å². The largest absolute Gasteiger partial charge is 0.465 e. The average Bonchev–Trinajstić information content (AvgIpc) is 2.85. The quantitative estimate of drug-likeness (QED) is 0.784. The molecule has 0 aromatic heterocycles. The number of hydrogen-bond donors (Lipinski definition) is 1. The molecule has 0 radical (unpaired) electrons. The Bertz CT molecular complexity index is 532. The maximum Gasteiger partial charge on any atom is 0.320 e. The molecule has 1 amide bonds. The van der Waals surface area contributed by atoms with Crippen LogP contribution in [0.15, 0.2) is 18.2 Å². The fourth-order valence-electron chi connectivity index (χ4n) is 1.90. The Kier molecular flexibility index (Phi) is 4.99. The number of nitrogens with one attached hydrogen (secondary N) is 1. The highest BCUT2D eigenvalue weighted by Crippen LogP contribution is 2.34. The maximum absolute atomic E-state index is 11.9. The summed E-state index contributed by atoms with van der Waals surface area (Å²) in [4.78, 5) is 24.8. The van der Waals surface area contributed by atoms with Crippen LogP contribution in [-0.4, -0.2) is 50.3 Å². The van der Waals surface area contributed by atoms with E-state index in [9.17, 15) is 9.59 Å². The van der Waals surface area contributed by atoms with E-state index in [1.807, 2.05) is 0 Å². The summed E-state index contributed by atoms with van der Waals surface area (Å²) in [6.45, 7) is 2.42. The Morgan fingerprint density at radius 1 is 1.29 bits per heavy atom. The van der Waals surface area contributed by atoms with Crippen LogP contribution in [0.1, 0.15) is 6.92 Å². The van der Waals surface area contributed by atoms with Crippen molar-refractivity contribution in [2.45, 2.75) is 6.92 Å². The first kappa shape index (κ1) is 15.1. The fraction of sp³-hybridized carbons (Fsp3) is 0.429. The Labute approximate surface area is 122 Å². The predicted octanol–water partition coefficient (Wildman–Crippen LogP) is 0.849. The normalized spacial score (nSPS) is 12.3. The number of likely N-dealkylation sites (N-methyl/N-ethyl adjacent to an activating group) is 1. The Hall–Kier alpha value is -2.28. The Morgan fingerprint density at radius 3 is 2.81 bits per heavy atom. The number of anilines is 1. The lowest BCUT2D eigenvalue weighted by Gasteiger charge is -2.15. The molecule has 1 aromatic carbocycles. The first-order chi connectivity index (χ1) is 10.1. The van der Waals surface area contributed by atoms with Crippen molar-refractivity contribution in [1.29, 1.82) is 0 Å². The van der Waals surface area contributed by atoms with Gasteiger partial charge in [-0.2, -0.15) is 0 Å². The van der Waals surface area contributed by atoms with E-state index in [0.717, 1.165) is 0 Å². The van der Waals surface area contributed by atoms with Crippen LogP contribution in [-0.2, 0) is 14.3 Å². The van der Waals surface area contributed by atoms with Crippen LogP contribution >= 0.6 is 0 Å². The van der Waals surface area contributed by atoms with E-state index in [4.69, 9.17) is 14.2 Å². The molecule has 0 saturated heterocycles. The molecule has 1 heterocycles. The van der Waals surface area contributed by atoms with Crippen LogP contribution in [0.2, 0.25) is 0 Å². The van der Waals surface area contributed by atoms with E-state index in [1.54, 1.807) is 37.1 Å². The minimum absolute atomic E-state index is 0.0718. The van der Waals surface area contributed by atoms with Crippen molar-refractivity contribution in [3.63, 3.8) is 0 Å². The molecule has 1 aromatic rings. The highest BCUT2D eigenvalue weighted by molar-refractivity contribution is 5.92. The van der Waals surface area contributed by atoms with Crippen molar-refractivity contribution < 1.29 is 23.8 Å². The van der Waals surface area contributed by atoms with Crippen LogP contribution < -0.4 is 14.8 Å². The topological polar surface area (TPSA) is 77.1 Å². The molecule has 7 heteroatoms. The van der Waals surface area contributed by atoms with E-state index in [2.05, 4.69) is 5.32 Å². The van der Waals surface area contributed by atoms with Crippen molar-refractivity contribution in [1.82, 2.24) is 4.90 Å². The molecular weight excluding hydrogens is 276 g/mol. The van der Waals surface area contributed by atoms with Gasteiger partial charge in [0.05, 0.1) is 19.7 Å². The lowest BCUT2D eigenvalue weighted by Crippen LogP contribution is -2.34. The van der Waals surface area contributed by atoms with Crippen LogP contribution in [0, 0.1) is 0 Å². The highest BCUT2D eigenvalue weighted by Gasteiger charge is 2.15. The molecule has 21 heavy (non-hydrogen) atoms. The highest BCUT2D eigenvalue weighted by atomic mass is 16.7. The number of esters is 1. The first-order valence-electron chi connectivity index (χ1n) is 6.62. The zero-order valence-electron chi connectivity index (χ0n) is 12.0. The van der Waals surface area contributed by atoms with Crippen LogP contribution in [0.4, 0.5) is 5.69 Å². The van der Waals surface area contributed by atoms with E-state index in [1.165, 1.54) is 0 Å². The van der Waals surface area contributed by atoms with Gasteiger partial charge in [-0.25, -0.2) is 0 Å². The van der Waals surface area contributed by atoms with Gasteiger partial charge in [0, 0.05) is 11.8 Å². The molecule has 0 saturated carbocycles. The lowest BCUT2D eigenvalue weighted by molar-refractivity contribution is -0.144. The van der Waals surface area contributed by atoms with Crippen molar-refractivity contribution in [2.75, 3.05) is 38.9 Å². The summed E-state index contributed by atoms with van der Waals surface area (Å²) in [7, 11) is 1.68. The maximum atomic E-state index is 11.9. The number of carbonyl (C=O) groups excluding carboxylic acids is 2. The SMILES string of the molecule is CCOC(=O)CN(C)CC(=O)Nc1ccc2c(c1)OCO2. The van der Waals surface area contributed by atoms with Crippen molar-refractivity contribution in [3.8, 4) is 11.5 Å². The zero-order chi connectivity index (χ0) is 15.2. The van der Waals surface area contributed by atoms with Gasteiger partial charge < -0.3 is 19.5 Å². The van der Waals surface area contributed by atoms with Crippen LogP contribution in [0.25, 0.3) is 0 Å². The van der Waals surface area contributed by atoms with E-state index >= 15 is 0 Å². The number of fused-ring (bicyclic) bond motifs is 1. The molecule has 1 N–H and O–H groups in total. The molecular formula is C14H18N2O5. The second kappa shape index (κ2) is 6.94. The minimum Gasteiger partial charge on any atom is -0.465 e. The molecule has 0 unspecified atom stereocenters. The molecule has 7 nitrogen and oxygen atoms in total. The summed E-state index contributed by atoms with van der Waals surface area (Å²) < 4.78 is 15.3. The van der Waals surface area contributed by atoms with Gasteiger partial charge in [-0.1, -0.05) is 0 Å². The number of ether oxygens (including phenoxy) is 3. The Morgan fingerprint density at radius 2 is 2.05 bits per heavy atom. The van der Waals surface area contributed by atoms with Crippen LogP contribution in [0.5, 0.6) is 11.5 Å². The third-order valence-electron chi connectivity index (χ3n) is 2.77. The first-order valence-corrected chi connectivity index (χ1v) is 6.62. The summed E-state index contributed by atoms with van der Waals surface area (Å²) in [5.74, 6) is 0.691. The number of carbonyl (C=O) groups is 2. The summed E-state index contributed by atoms with van der Waals surface area (Å²) in [5, 5.41) is 2.74. The summed E-state index contributed by atoms with van der Waals surface area (Å²) in [5.41, 5.74) is 0.619. The number of amides is 1. The van der Waals surface area contributed by atoms with Crippen molar-refractivity contribution in [2.24, 2.45) is 0 Å². The van der Waals surface area contributed by atoms with E-state index < -0.39 is 0 Å². The summed E-state index contributed by atoms with van der Waals surface area (Å²) in [6, 6.07) is 5.17. The van der Waals surface area contributed by atoms with E-state index in [-0.39, 0.29) is 31.8 Å². The third-order valence-corrected chi connectivity index (χ3v) is 2.77. The molecule has 0 spiro atoms. The molecule has 114 valence electrons. The molecule has 1 aliphatic rings. The van der Waals surface area contributed by atoms with Gasteiger partial charge in [0.2, 0.25) is 12.7 Å². The predicted molar refractivity (Wildman–Crippen MR) is 75.3 cm³/mol. The minimum atomic E-state index is -0.351. The van der Waals surface area contributed by atoms with Gasteiger partial charge in [0.25, 0.3) is 0 Å².